The number of ether oxygens (including phenoxy) is 3. The highest BCUT2D eigenvalue weighted by Gasteiger charge is 2.54. The molecule has 42 heavy (non-hydrogen) atoms. The van der Waals surface area contributed by atoms with Crippen LogP contribution in [0, 0.1) is 0 Å². The number of fused-ring (bicyclic) bond motifs is 1. The van der Waals surface area contributed by atoms with Crippen molar-refractivity contribution in [1.29, 1.82) is 0 Å². The third-order valence-electron chi connectivity index (χ3n) is 5.96. The highest BCUT2D eigenvalue weighted by molar-refractivity contribution is 7.43. The van der Waals surface area contributed by atoms with Gasteiger partial charge in [-0.25, -0.2) is 15.0 Å². The number of nitrogens with zero attached hydrogens (tertiary/aromatic N) is 4. The molecule has 26 heteroatoms. The minimum Gasteiger partial charge on any atom is -0.790 e. The molecule has 0 bridgehead atoms. The van der Waals surface area contributed by atoms with Crippen LogP contribution in [0.5, 0.6) is 0 Å². The maximum Gasteiger partial charge on any atom is 0.187 e. The molecule has 0 spiro atoms. The first kappa shape index (κ1) is 33.3. The van der Waals surface area contributed by atoms with Crippen molar-refractivity contribution in [1.82, 2.24) is 19.5 Å². The zero-order valence-corrected chi connectivity index (χ0v) is 23.1. The first-order valence-corrected chi connectivity index (χ1v) is 15.7. The van der Waals surface area contributed by atoms with Gasteiger partial charge in [0.1, 0.15) is 54.6 Å². The van der Waals surface area contributed by atoms with Gasteiger partial charge in [-0.3, -0.25) is 4.57 Å². The van der Waals surface area contributed by atoms with E-state index in [-0.39, 0.29) is 17.0 Å². The maximum atomic E-state index is 11.7. The molecule has 238 valence electrons. The summed E-state index contributed by atoms with van der Waals surface area (Å²) in [5.41, 5.74) is 5.69. The van der Waals surface area contributed by atoms with Crippen molar-refractivity contribution in [2.75, 3.05) is 18.9 Å². The summed E-state index contributed by atoms with van der Waals surface area (Å²) in [6.45, 7) is -2.22. The fraction of sp³-hybridized carbons (Fsp3) is 0.688. The zero-order valence-electron chi connectivity index (χ0n) is 20.4. The van der Waals surface area contributed by atoms with Crippen LogP contribution in [0.3, 0.4) is 0 Å². The number of aromatic nitrogens is 4. The molecule has 4 rings (SSSR count). The van der Waals surface area contributed by atoms with Crippen molar-refractivity contribution in [3.8, 4) is 0 Å². The van der Waals surface area contributed by atoms with Gasteiger partial charge < -0.3 is 91.9 Å². The number of aliphatic hydroxyl groups excluding tert-OH is 3. The lowest BCUT2D eigenvalue weighted by atomic mass is 9.99. The van der Waals surface area contributed by atoms with E-state index in [0.29, 0.717) is 0 Å². The number of hydrogen-bond donors (Lipinski definition) is 4. The SMILES string of the molecule is Nc1ncnc2c1ncn2[C@@H]1O[C@H](CO)[C@@H](O[C@H]2O[C@H](CO)[C@@H](OP(=O)([O-])[O-])[C@H](OP(=O)([O-])[O-])[C@H]2O)[C@H]1OP(=O)([O-])[O-]. The third-order valence-corrected chi connectivity index (χ3v) is 7.47. The summed E-state index contributed by atoms with van der Waals surface area (Å²) in [5.74, 6) is -0.106. The molecule has 0 unspecified atom stereocenters. The molecule has 2 aliphatic heterocycles. The van der Waals surface area contributed by atoms with E-state index in [9.17, 15) is 58.4 Å². The molecule has 2 saturated heterocycles. The van der Waals surface area contributed by atoms with Crippen molar-refractivity contribution in [3.63, 3.8) is 0 Å². The first-order chi connectivity index (χ1) is 19.4. The summed E-state index contributed by atoms with van der Waals surface area (Å²) < 4.78 is 64.5. The molecule has 23 nitrogen and oxygen atoms in total. The van der Waals surface area contributed by atoms with Gasteiger partial charge in [0.15, 0.2) is 24.0 Å². The fourth-order valence-electron chi connectivity index (χ4n) is 4.41. The van der Waals surface area contributed by atoms with Gasteiger partial charge in [0.05, 0.1) is 43.0 Å². The number of nitrogen functional groups attached to an aromatic ring is 1. The Hall–Kier alpha value is -1.56. The average molecular weight is 663 g/mol. The van der Waals surface area contributed by atoms with Crippen LogP contribution in [-0.2, 0) is 41.5 Å². The predicted octanol–water partition coefficient (Wildman–Crippen LogP) is -7.60. The largest absolute Gasteiger partial charge is 0.790 e. The molecule has 0 radical (unpaired) electrons. The highest BCUT2D eigenvalue weighted by Crippen LogP contribution is 2.45. The van der Waals surface area contributed by atoms with Crippen LogP contribution in [0.2, 0.25) is 0 Å². The number of nitrogens with two attached hydrogens (primary N) is 1. The normalized spacial score (nSPS) is 32.9. The molecule has 0 aromatic carbocycles. The van der Waals surface area contributed by atoms with Crippen molar-refractivity contribution in [3.05, 3.63) is 12.7 Å². The Labute approximate surface area is 233 Å². The second-order valence-corrected chi connectivity index (χ2v) is 12.0. The lowest BCUT2D eigenvalue weighted by Crippen LogP contribution is -2.62. The maximum absolute atomic E-state index is 11.7. The number of hydrogen-bond acceptors (Lipinski definition) is 22. The van der Waals surface area contributed by atoms with Crippen molar-refractivity contribution in [2.24, 2.45) is 0 Å². The molecule has 9 atom stereocenters. The predicted molar refractivity (Wildman–Crippen MR) is 115 cm³/mol. The topological polar surface area (TPSA) is 375 Å². The second kappa shape index (κ2) is 12.4. The highest BCUT2D eigenvalue weighted by atomic mass is 31.2. The Balaban J connectivity index is 1.71. The summed E-state index contributed by atoms with van der Waals surface area (Å²) in [6, 6.07) is 0. The number of rotatable bonds is 11. The zero-order chi connectivity index (χ0) is 31.2. The monoisotopic (exact) mass is 663 g/mol. The van der Waals surface area contributed by atoms with E-state index in [4.69, 9.17) is 19.9 Å². The molecular formula is C16H20N5O18P3-6. The van der Waals surface area contributed by atoms with E-state index in [0.717, 1.165) is 17.2 Å². The summed E-state index contributed by atoms with van der Waals surface area (Å²) in [4.78, 5) is 80.1. The standard InChI is InChI=1S/C16H26N5O18P3/c17-13-7-14(19-3-18-13)21(4-20-7)15-12(39-42(31,32)33)9(5(1-22)34-15)36-16-8(24)11(38-41(28,29)30)10(6(2-23)35-16)37-40(25,26)27/h3-6,8-12,15-16,22-24H,1-2H2,(H2,17,18,19)(H2,25,26,27)(H2,28,29,30)(H2,31,32,33)/p-6/t5-,6-,8-,9-,10-,11-,12-,15-,16-/m1/s1. The van der Waals surface area contributed by atoms with Crippen molar-refractivity contribution < 1.29 is 86.2 Å². The van der Waals surface area contributed by atoms with Crippen LogP contribution in [-0.4, -0.2) is 97.1 Å². The van der Waals surface area contributed by atoms with Gasteiger partial charge in [-0.15, -0.1) is 0 Å². The van der Waals surface area contributed by atoms with Gasteiger partial charge >= 0.3 is 0 Å². The minimum absolute atomic E-state index is 0.00810. The number of anilines is 1. The molecule has 2 aromatic heterocycles. The molecule has 5 N–H and O–H groups in total. The van der Waals surface area contributed by atoms with E-state index in [1.807, 2.05) is 0 Å². The Morgan fingerprint density at radius 2 is 1.38 bits per heavy atom. The third kappa shape index (κ3) is 7.56. The number of phosphoric acid groups is 3. The lowest BCUT2D eigenvalue weighted by Gasteiger charge is -2.49. The summed E-state index contributed by atoms with van der Waals surface area (Å²) >= 11 is 0. The minimum atomic E-state index is -6.07. The molecule has 0 amide bonds. The van der Waals surface area contributed by atoms with Crippen LogP contribution in [0.1, 0.15) is 6.23 Å². The van der Waals surface area contributed by atoms with E-state index in [1.165, 1.54) is 0 Å². The summed E-state index contributed by atoms with van der Waals surface area (Å²) in [5, 5.41) is 30.3. The van der Waals surface area contributed by atoms with Crippen LogP contribution < -0.4 is 35.1 Å². The Morgan fingerprint density at radius 3 is 1.95 bits per heavy atom. The fourth-order valence-corrected chi connectivity index (χ4v) is 6.03. The molecule has 2 aromatic rings. The van der Waals surface area contributed by atoms with Crippen LogP contribution in [0.25, 0.3) is 11.2 Å². The van der Waals surface area contributed by atoms with Gasteiger partial charge in [-0.1, -0.05) is 0 Å². The number of phosphoric ester groups is 3. The van der Waals surface area contributed by atoms with E-state index in [1.54, 1.807) is 0 Å². The smallest absolute Gasteiger partial charge is 0.187 e. The second-order valence-electron chi connectivity index (χ2n) is 8.70. The van der Waals surface area contributed by atoms with Gasteiger partial charge in [-0.2, -0.15) is 0 Å². The molecule has 2 fully saturated rings. The molecule has 0 aliphatic carbocycles. The van der Waals surface area contributed by atoms with E-state index >= 15 is 0 Å². The number of imidazole rings is 1. The van der Waals surface area contributed by atoms with Gasteiger partial charge in [0.2, 0.25) is 0 Å². The molecule has 0 saturated carbocycles. The van der Waals surface area contributed by atoms with Gasteiger partial charge in [0.25, 0.3) is 0 Å². The van der Waals surface area contributed by atoms with Gasteiger partial charge in [0, 0.05) is 0 Å². The van der Waals surface area contributed by atoms with E-state index < -0.39 is 91.9 Å². The van der Waals surface area contributed by atoms with Crippen molar-refractivity contribution in [2.45, 2.75) is 55.2 Å². The van der Waals surface area contributed by atoms with Crippen LogP contribution in [0.15, 0.2) is 12.7 Å². The Bertz CT molecular complexity index is 1400. The van der Waals surface area contributed by atoms with Crippen LogP contribution >= 0.6 is 23.5 Å². The first-order valence-electron chi connectivity index (χ1n) is 11.3. The summed E-state index contributed by atoms with van der Waals surface area (Å²) in [7, 11) is -18.0. The molecule has 2 aliphatic rings. The van der Waals surface area contributed by atoms with Crippen molar-refractivity contribution >= 4 is 40.4 Å². The van der Waals surface area contributed by atoms with E-state index in [2.05, 4.69) is 28.5 Å². The Morgan fingerprint density at radius 1 is 0.833 bits per heavy atom. The summed E-state index contributed by atoms with van der Waals surface area (Å²) in [6.07, 6.45) is -16.9. The molecule has 4 heterocycles. The molecular weight excluding hydrogens is 643 g/mol. The Kier molecular flexibility index (Phi) is 9.88. The quantitative estimate of drug-likeness (QED) is 0.162. The van der Waals surface area contributed by atoms with Gasteiger partial charge in [-0.05, 0) is 0 Å². The van der Waals surface area contributed by atoms with Crippen LogP contribution in [0.4, 0.5) is 5.82 Å². The lowest BCUT2D eigenvalue weighted by molar-refractivity contribution is -0.379. The number of aliphatic hydroxyl groups is 3. The average Bonchev–Trinajstić information content (AvgIpc) is 3.42.